The van der Waals surface area contributed by atoms with Gasteiger partial charge < -0.3 is 9.94 Å². The van der Waals surface area contributed by atoms with E-state index in [1.807, 2.05) is 0 Å². The van der Waals surface area contributed by atoms with Crippen molar-refractivity contribution in [1.82, 2.24) is 4.47 Å². The molecule has 0 saturated heterocycles. The van der Waals surface area contributed by atoms with Crippen LogP contribution in [0.1, 0.15) is 26.2 Å². The summed E-state index contributed by atoms with van der Waals surface area (Å²) in [7, 11) is -5.93. The quantitative estimate of drug-likeness (QED) is 0.422. The first-order chi connectivity index (χ1) is 10.9. The molecule has 4 aliphatic carbocycles. The number of carbonyl (C=O) groups is 1. The van der Waals surface area contributed by atoms with E-state index in [4.69, 9.17) is 4.74 Å². The van der Waals surface area contributed by atoms with Crippen molar-refractivity contribution >= 4 is 16.0 Å². The Morgan fingerprint density at radius 3 is 2.54 bits per heavy atom. The van der Waals surface area contributed by atoms with Gasteiger partial charge in [0.05, 0.1) is 0 Å². The van der Waals surface area contributed by atoms with Gasteiger partial charge in [-0.1, -0.05) is 6.58 Å². The predicted octanol–water partition coefficient (Wildman–Crippen LogP) is 2.17. The lowest BCUT2D eigenvalue weighted by molar-refractivity contribution is -0.196. The highest BCUT2D eigenvalue weighted by atomic mass is 32.2. The summed E-state index contributed by atoms with van der Waals surface area (Å²) in [4.78, 5) is 11.9. The summed E-state index contributed by atoms with van der Waals surface area (Å²) in [6, 6.07) is 0. The van der Waals surface area contributed by atoms with E-state index in [2.05, 4.69) is 6.58 Å². The molecule has 0 aromatic heterocycles. The monoisotopic (exact) mass is 368 g/mol. The molecule has 0 aliphatic heterocycles. The van der Waals surface area contributed by atoms with E-state index < -0.39 is 44.0 Å². The molecule has 0 radical (unpaired) electrons. The first-order valence-corrected chi connectivity index (χ1v) is 9.02. The van der Waals surface area contributed by atoms with Crippen LogP contribution >= 0.6 is 0 Å². The van der Waals surface area contributed by atoms with E-state index in [0.717, 1.165) is 12.8 Å². The molecule has 4 aliphatic rings. The minimum absolute atomic E-state index is 0.0159. The van der Waals surface area contributed by atoms with Crippen LogP contribution in [0, 0.1) is 28.9 Å². The molecule has 24 heavy (non-hydrogen) atoms. The minimum atomic E-state index is -5.93. The van der Waals surface area contributed by atoms with E-state index in [1.165, 1.54) is 6.92 Å². The third-order valence-corrected chi connectivity index (χ3v) is 7.01. The smallest absolute Gasteiger partial charge is 0.510 e. The van der Waals surface area contributed by atoms with Crippen LogP contribution in [0.4, 0.5) is 13.2 Å². The van der Waals surface area contributed by atoms with Gasteiger partial charge in [0, 0.05) is 24.0 Å². The normalized spacial score (nSPS) is 37.4. The molecule has 0 amide bonds. The summed E-state index contributed by atoms with van der Waals surface area (Å²) in [6.45, 7) is 4.09. The molecule has 0 spiro atoms. The number of carbonyl (C=O) groups excluding carboxylic acids is 1. The van der Waals surface area contributed by atoms with Gasteiger partial charge in [0.1, 0.15) is 5.60 Å². The van der Waals surface area contributed by atoms with Crippen LogP contribution in [0.2, 0.25) is 0 Å². The highest BCUT2D eigenvalue weighted by molar-refractivity contribution is 7.90. The minimum Gasteiger partial charge on any atom is -0.772 e. The second kappa shape index (κ2) is 5.18. The number of nitrogens with zero attached hydrogens (tertiary/aromatic N) is 1. The van der Waals surface area contributed by atoms with E-state index in [1.54, 1.807) is 0 Å². The Morgan fingerprint density at radius 1 is 1.42 bits per heavy atom. The average Bonchev–Trinajstić information content (AvgIpc) is 3.03. The molecule has 5 unspecified atom stereocenters. The van der Waals surface area contributed by atoms with Crippen molar-refractivity contribution in [3.8, 4) is 0 Å². The van der Waals surface area contributed by atoms with Crippen LogP contribution in [-0.2, 0) is 19.6 Å². The van der Waals surface area contributed by atoms with Gasteiger partial charge in [-0.15, -0.1) is 0 Å². The fraction of sp³-hybridized carbons (Fsp3) is 0.786. The molecule has 136 valence electrons. The number of rotatable bonds is 5. The molecule has 0 heterocycles. The highest BCUT2D eigenvalue weighted by Gasteiger charge is 2.76. The Hall–Kier alpha value is -1.13. The fourth-order valence-corrected chi connectivity index (χ4v) is 5.44. The molecule has 4 rings (SSSR count). The second-order valence-corrected chi connectivity index (χ2v) is 8.67. The van der Waals surface area contributed by atoms with Crippen molar-refractivity contribution in [2.45, 2.75) is 37.3 Å². The van der Waals surface area contributed by atoms with Crippen LogP contribution < -0.4 is 0 Å². The average molecular weight is 368 g/mol. The number of esters is 1. The van der Waals surface area contributed by atoms with Crippen LogP contribution in [0.3, 0.4) is 0 Å². The number of hydroxylamine groups is 1. The maximum Gasteiger partial charge on any atom is 0.510 e. The predicted molar refractivity (Wildman–Crippen MR) is 76.5 cm³/mol. The Kier molecular flexibility index (Phi) is 3.82. The largest absolute Gasteiger partial charge is 0.772 e. The molecule has 0 aromatic rings. The highest BCUT2D eigenvalue weighted by Crippen LogP contribution is 2.72. The number of sulfonamides is 1. The molecule has 0 N–H and O–H groups in total. The van der Waals surface area contributed by atoms with E-state index in [9.17, 15) is 31.6 Å². The maximum absolute atomic E-state index is 12.5. The summed E-state index contributed by atoms with van der Waals surface area (Å²) < 4.78 is 64.7. The third kappa shape index (κ3) is 2.15. The third-order valence-electron chi connectivity index (χ3n) is 5.74. The van der Waals surface area contributed by atoms with Gasteiger partial charge in [-0.2, -0.15) is 13.2 Å². The number of hydrogen-bond acceptors (Lipinski definition) is 5. The molecule has 4 bridgehead atoms. The Balaban J connectivity index is 1.82. The summed E-state index contributed by atoms with van der Waals surface area (Å²) >= 11 is 0. The molecule has 0 aromatic carbocycles. The first kappa shape index (κ1) is 17.7. The fourth-order valence-electron chi connectivity index (χ4n) is 4.85. The number of halogens is 3. The lowest BCUT2D eigenvalue weighted by atomic mass is 9.60. The van der Waals surface area contributed by atoms with Gasteiger partial charge >= 0.3 is 21.5 Å². The molecule has 10 heteroatoms. The van der Waals surface area contributed by atoms with Crippen molar-refractivity contribution in [2.24, 2.45) is 23.7 Å². The molecular weight excluding hydrogens is 351 g/mol. The van der Waals surface area contributed by atoms with Gasteiger partial charge in [-0.3, -0.25) is 4.47 Å². The zero-order valence-corrected chi connectivity index (χ0v) is 13.7. The Bertz CT molecular complexity index is 683. The SMILES string of the molecule is C=C(C)C(=O)OC12C3CCC1C(C3)C2CN([O-])S(=O)(=O)C(F)(F)F. The van der Waals surface area contributed by atoms with Crippen molar-refractivity contribution < 1.29 is 31.1 Å². The number of ether oxygens (including phenoxy) is 1. The lowest BCUT2D eigenvalue weighted by Crippen LogP contribution is -2.61. The maximum atomic E-state index is 12.5. The van der Waals surface area contributed by atoms with Gasteiger partial charge in [0.2, 0.25) is 0 Å². The van der Waals surface area contributed by atoms with Crippen molar-refractivity contribution in [2.75, 3.05) is 6.54 Å². The second-order valence-electron chi connectivity index (χ2n) is 6.85. The number of hydrogen-bond donors (Lipinski definition) is 0. The summed E-state index contributed by atoms with van der Waals surface area (Å²) in [5, 5.41) is 11.7. The zero-order valence-electron chi connectivity index (χ0n) is 12.9. The molecule has 4 saturated carbocycles. The zero-order chi connectivity index (χ0) is 18.1. The standard InChI is InChI=1S/C14H17F3NO5S/c1-7(2)12(19)23-13-8-3-4-10(13)9(5-8)11(13)6-18(20)24(21,22)14(15,16)17/h8-11H,1,3-6H2,2H3/q-1. The summed E-state index contributed by atoms with van der Waals surface area (Å²) in [6.07, 6.45) is 2.16. The van der Waals surface area contributed by atoms with Crippen LogP contribution in [-0.4, -0.2) is 36.5 Å². The molecule has 4 fully saturated rings. The van der Waals surface area contributed by atoms with E-state index in [0.29, 0.717) is 6.42 Å². The van der Waals surface area contributed by atoms with E-state index in [-0.39, 0.29) is 23.3 Å². The van der Waals surface area contributed by atoms with Crippen molar-refractivity contribution in [3.63, 3.8) is 0 Å². The summed E-state index contributed by atoms with van der Waals surface area (Å²) in [5.74, 6) is -1.50. The first-order valence-electron chi connectivity index (χ1n) is 7.58. The molecular formula is C14H17F3NO5S-. The summed E-state index contributed by atoms with van der Waals surface area (Å²) in [5.41, 5.74) is -6.51. The van der Waals surface area contributed by atoms with Crippen molar-refractivity contribution in [3.05, 3.63) is 17.4 Å². The Labute approximate surface area is 137 Å². The van der Waals surface area contributed by atoms with Gasteiger partial charge in [-0.25, -0.2) is 13.2 Å². The van der Waals surface area contributed by atoms with Crippen LogP contribution in [0.15, 0.2) is 12.2 Å². The van der Waals surface area contributed by atoms with Gasteiger partial charge in [0.15, 0.2) is 0 Å². The topological polar surface area (TPSA) is 86.7 Å². The van der Waals surface area contributed by atoms with Crippen LogP contribution in [0.5, 0.6) is 0 Å². The van der Waals surface area contributed by atoms with Gasteiger partial charge in [0.25, 0.3) is 0 Å². The number of alkyl halides is 3. The van der Waals surface area contributed by atoms with Gasteiger partial charge in [-0.05, 0) is 38.0 Å². The van der Waals surface area contributed by atoms with Crippen LogP contribution in [0.25, 0.3) is 0 Å². The van der Waals surface area contributed by atoms with Crippen molar-refractivity contribution in [1.29, 1.82) is 0 Å². The molecule has 6 nitrogen and oxygen atoms in total. The molecule has 5 atom stereocenters. The lowest BCUT2D eigenvalue weighted by Gasteiger charge is -2.54. The Morgan fingerprint density at radius 2 is 2.04 bits per heavy atom. The van der Waals surface area contributed by atoms with E-state index >= 15 is 0 Å².